The van der Waals surface area contributed by atoms with E-state index in [2.05, 4.69) is 27.7 Å². The van der Waals surface area contributed by atoms with Crippen molar-refractivity contribution in [3.05, 3.63) is 0 Å². The van der Waals surface area contributed by atoms with Gasteiger partial charge >= 0.3 is 0 Å². The Morgan fingerprint density at radius 1 is 0.548 bits per heavy atom. The van der Waals surface area contributed by atoms with Gasteiger partial charge in [-0.05, 0) is 97.7 Å². The predicted octanol–water partition coefficient (Wildman–Crippen LogP) is -3.30. The van der Waals surface area contributed by atoms with Crippen LogP contribution in [0.4, 0.5) is 0 Å². The molecular formula is C50H82O23. The van der Waals surface area contributed by atoms with Gasteiger partial charge in [0.05, 0.1) is 51.3 Å². The normalized spacial score (nSPS) is 58.2. The van der Waals surface area contributed by atoms with Gasteiger partial charge in [-0.25, -0.2) is 0 Å². The summed E-state index contributed by atoms with van der Waals surface area (Å²) in [7, 11) is 0. The molecule has 4 saturated carbocycles. The Balaban J connectivity index is 0.815. The number of ether oxygens (including phenoxy) is 10. The number of fused-ring (bicyclic) bond motifs is 7. The standard InChI is InChI=1S/C50H82O23/c1-19-7-10-50(66-16-19)20(2)32-28(73-50)12-24-22-6-5-21-11-27(25(53)13-49(21,4)23(22)8-9-48(24,32)3)67-45-40(62)38(60)35(57)31(70-45)18-65-47-43(72-46-41(63)37(59)34(56)29(14-51)68-46)42(36(58)30(15-52)69-47)71-44-39(61)33(55)26(54)17-64-44/h19-47,51-63H,5-18H2,1-4H3. The summed E-state index contributed by atoms with van der Waals surface area (Å²) in [6.45, 7) is 7.25. The van der Waals surface area contributed by atoms with Crippen molar-refractivity contribution in [2.24, 2.45) is 52.3 Å². The zero-order valence-electron chi connectivity index (χ0n) is 42.0. The van der Waals surface area contributed by atoms with Gasteiger partial charge in [-0.2, -0.15) is 0 Å². The third kappa shape index (κ3) is 9.59. The molecule has 13 N–H and O–H groups in total. The van der Waals surface area contributed by atoms with Crippen LogP contribution in [0, 0.1) is 52.3 Å². The highest BCUT2D eigenvalue weighted by atomic mass is 16.8. The summed E-state index contributed by atoms with van der Waals surface area (Å²) in [5.74, 6) is 2.34. The van der Waals surface area contributed by atoms with Gasteiger partial charge in [-0.1, -0.05) is 27.7 Å². The first-order valence-corrected chi connectivity index (χ1v) is 26.8. The molecule has 32 atom stereocenters. The van der Waals surface area contributed by atoms with Crippen LogP contribution in [-0.2, 0) is 47.4 Å². The molecule has 10 fully saturated rings. The first-order chi connectivity index (χ1) is 34.6. The highest BCUT2D eigenvalue weighted by Gasteiger charge is 2.70. The fraction of sp³-hybridized carbons (Fsp3) is 1.00. The Morgan fingerprint density at radius 2 is 1.18 bits per heavy atom. The minimum Gasteiger partial charge on any atom is -0.394 e. The van der Waals surface area contributed by atoms with E-state index in [1.165, 1.54) is 0 Å². The van der Waals surface area contributed by atoms with Gasteiger partial charge in [0.15, 0.2) is 30.9 Å². The topological polar surface area (TPSA) is 355 Å². The van der Waals surface area contributed by atoms with E-state index < -0.39 is 161 Å². The maximum atomic E-state index is 12.0. The molecule has 0 aromatic heterocycles. The summed E-state index contributed by atoms with van der Waals surface area (Å²) in [4.78, 5) is 0. The van der Waals surface area contributed by atoms with Gasteiger partial charge in [-0.15, -0.1) is 0 Å². The molecule has 0 amide bonds. The molecule has 0 aromatic carbocycles. The van der Waals surface area contributed by atoms with Crippen LogP contribution in [0.2, 0.25) is 0 Å². The van der Waals surface area contributed by atoms with E-state index in [9.17, 15) is 66.4 Å². The SMILES string of the molecule is CC1CCC2(OC1)OC1CC3C4CCC5CC(OC6OC(COC7OC(CO)C(O)C(OC8OCC(O)C(O)C8O)C7OC7OC(CO)C(O)C(O)C7O)C(O)C(O)C6O)C(O)CC5(C)C4CCC3(C)C1C2C. The third-order valence-corrected chi connectivity index (χ3v) is 20.0. The summed E-state index contributed by atoms with van der Waals surface area (Å²) in [6.07, 6.45) is -26.5. The highest BCUT2D eigenvalue weighted by Crippen LogP contribution is 2.71. The second-order valence-corrected chi connectivity index (χ2v) is 24.1. The Morgan fingerprint density at radius 3 is 1.86 bits per heavy atom. The lowest BCUT2D eigenvalue weighted by Crippen LogP contribution is -2.67. The van der Waals surface area contributed by atoms with Crippen molar-refractivity contribution < 1.29 is 114 Å². The van der Waals surface area contributed by atoms with Crippen LogP contribution in [0.1, 0.15) is 85.5 Å². The Labute approximate surface area is 424 Å². The Bertz CT molecular complexity index is 1860. The van der Waals surface area contributed by atoms with E-state index in [-0.39, 0.29) is 22.9 Å². The van der Waals surface area contributed by atoms with Crippen LogP contribution in [0.3, 0.4) is 0 Å². The monoisotopic (exact) mass is 1050 g/mol. The van der Waals surface area contributed by atoms with Gasteiger partial charge in [0.25, 0.3) is 0 Å². The molecule has 6 heterocycles. The summed E-state index contributed by atoms with van der Waals surface area (Å²) in [5, 5.41) is 141. The first-order valence-electron chi connectivity index (χ1n) is 26.8. The van der Waals surface area contributed by atoms with Gasteiger partial charge in [-0.3, -0.25) is 0 Å². The van der Waals surface area contributed by atoms with Crippen LogP contribution < -0.4 is 0 Å². The van der Waals surface area contributed by atoms with Crippen molar-refractivity contribution in [2.75, 3.05) is 33.0 Å². The summed E-state index contributed by atoms with van der Waals surface area (Å²) in [5.41, 5.74) is -0.0565. The molecule has 23 heteroatoms. The Hall–Kier alpha value is -0.920. The second-order valence-electron chi connectivity index (χ2n) is 24.1. The Kier molecular flexibility index (Phi) is 16.1. The molecule has 0 aromatic rings. The molecule has 10 aliphatic rings. The van der Waals surface area contributed by atoms with E-state index in [1.807, 2.05) is 0 Å². The fourth-order valence-electron chi connectivity index (χ4n) is 15.8. The van der Waals surface area contributed by atoms with Crippen molar-refractivity contribution in [3.8, 4) is 0 Å². The summed E-state index contributed by atoms with van der Waals surface area (Å²) < 4.78 is 60.9. The molecule has 0 bridgehead atoms. The van der Waals surface area contributed by atoms with E-state index >= 15 is 0 Å². The van der Waals surface area contributed by atoms with E-state index in [4.69, 9.17) is 47.4 Å². The van der Waals surface area contributed by atoms with Crippen LogP contribution in [0.15, 0.2) is 0 Å². The molecule has 10 rings (SSSR count). The highest BCUT2D eigenvalue weighted by molar-refractivity contribution is 5.16. The van der Waals surface area contributed by atoms with Gasteiger partial charge in [0.1, 0.15) is 91.6 Å². The average Bonchev–Trinajstić information content (AvgIpc) is 3.82. The van der Waals surface area contributed by atoms with E-state index in [0.29, 0.717) is 48.3 Å². The number of hydrogen-bond acceptors (Lipinski definition) is 23. The molecule has 6 aliphatic heterocycles. The quantitative estimate of drug-likeness (QED) is 0.0902. The molecule has 420 valence electrons. The van der Waals surface area contributed by atoms with Crippen molar-refractivity contribution in [3.63, 3.8) is 0 Å². The third-order valence-electron chi connectivity index (χ3n) is 20.0. The van der Waals surface area contributed by atoms with Crippen molar-refractivity contribution in [2.45, 2.75) is 226 Å². The summed E-state index contributed by atoms with van der Waals surface area (Å²) >= 11 is 0. The van der Waals surface area contributed by atoms with Gasteiger partial charge < -0.3 is 114 Å². The fourth-order valence-corrected chi connectivity index (χ4v) is 15.8. The van der Waals surface area contributed by atoms with Crippen molar-refractivity contribution in [1.82, 2.24) is 0 Å². The molecule has 0 radical (unpaired) electrons. The van der Waals surface area contributed by atoms with Crippen LogP contribution >= 0.6 is 0 Å². The van der Waals surface area contributed by atoms with Gasteiger partial charge in [0, 0.05) is 12.3 Å². The number of hydrogen-bond donors (Lipinski definition) is 13. The molecule has 23 nitrogen and oxygen atoms in total. The van der Waals surface area contributed by atoms with E-state index in [1.54, 1.807) is 0 Å². The van der Waals surface area contributed by atoms with Crippen molar-refractivity contribution in [1.29, 1.82) is 0 Å². The van der Waals surface area contributed by atoms with Crippen molar-refractivity contribution >= 4 is 0 Å². The minimum atomic E-state index is -1.99. The molecule has 4 aliphatic carbocycles. The first kappa shape index (κ1) is 55.4. The lowest BCUT2D eigenvalue weighted by Gasteiger charge is -2.62. The number of aliphatic hydroxyl groups excluding tert-OH is 13. The lowest BCUT2D eigenvalue weighted by molar-refractivity contribution is -0.392. The number of rotatable bonds is 11. The zero-order chi connectivity index (χ0) is 52.2. The average molecular weight is 1050 g/mol. The van der Waals surface area contributed by atoms with Crippen LogP contribution in [-0.4, -0.2) is 240 Å². The smallest absolute Gasteiger partial charge is 0.187 e. The predicted molar refractivity (Wildman–Crippen MR) is 244 cm³/mol. The summed E-state index contributed by atoms with van der Waals surface area (Å²) in [6, 6.07) is 0. The minimum absolute atomic E-state index is 0.130. The van der Waals surface area contributed by atoms with Crippen LogP contribution in [0.5, 0.6) is 0 Å². The molecule has 6 saturated heterocycles. The maximum absolute atomic E-state index is 12.0. The van der Waals surface area contributed by atoms with Gasteiger partial charge in [0.2, 0.25) is 0 Å². The molecular weight excluding hydrogens is 969 g/mol. The number of aliphatic hydroxyl groups is 13. The van der Waals surface area contributed by atoms with E-state index in [0.717, 1.165) is 51.6 Å². The lowest BCUT2D eigenvalue weighted by atomic mass is 9.44. The molecule has 73 heavy (non-hydrogen) atoms. The molecule has 32 unspecified atom stereocenters. The largest absolute Gasteiger partial charge is 0.394 e. The zero-order valence-corrected chi connectivity index (χ0v) is 42.0. The molecule has 1 spiro atoms. The maximum Gasteiger partial charge on any atom is 0.187 e. The second kappa shape index (κ2) is 21.3. The van der Waals surface area contributed by atoms with Crippen LogP contribution in [0.25, 0.3) is 0 Å².